The number of halogens is 2. The summed E-state index contributed by atoms with van der Waals surface area (Å²) < 4.78 is 39.4. The van der Waals surface area contributed by atoms with Crippen LogP contribution >= 0.6 is 0 Å². The molecule has 0 spiro atoms. The summed E-state index contributed by atoms with van der Waals surface area (Å²) in [7, 11) is 1.62. The molecule has 3 N–H and O–H groups in total. The van der Waals surface area contributed by atoms with Crippen LogP contribution in [0.15, 0.2) is 18.2 Å². The van der Waals surface area contributed by atoms with Gasteiger partial charge >= 0.3 is 6.03 Å². The zero-order chi connectivity index (χ0) is 24.3. The highest BCUT2D eigenvalue weighted by Crippen LogP contribution is 2.35. The zero-order valence-electron chi connectivity index (χ0n) is 20.4. The molecular weight excluding hydrogens is 440 g/mol. The number of benzene rings is 1. The minimum Gasteiger partial charge on any atom is -0.385 e. The predicted octanol–water partition coefficient (Wildman–Crippen LogP) is 4.78. The first-order chi connectivity index (χ1) is 16.5. The highest BCUT2D eigenvalue weighted by molar-refractivity contribution is 5.74. The number of urea groups is 1. The third-order valence-corrected chi connectivity index (χ3v) is 7.19. The number of hydrogen-bond acceptors (Lipinski definition) is 4. The zero-order valence-corrected chi connectivity index (χ0v) is 20.4. The molecule has 8 heteroatoms. The van der Waals surface area contributed by atoms with Crippen molar-refractivity contribution in [1.29, 1.82) is 0 Å². The van der Waals surface area contributed by atoms with Crippen molar-refractivity contribution in [3.05, 3.63) is 35.4 Å². The van der Waals surface area contributed by atoms with Gasteiger partial charge in [0.15, 0.2) is 0 Å². The fourth-order valence-electron chi connectivity index (χ4n) is 5.37. The van der Waals surface area contributed by atoms with E-state index in [-0.39, 0.29) is 18.0 Å². The third-order valence-electron chi connectivity index (χ3n) is 7.19. The average molecular weight is 482 g/mol. The van der Waals surface area contributed by atoms with Gasteiger partial charge in [-0.3, -0.25) is 0 Å². The number of nitrogens with one attached hydrogen (secondary N) is 1. The van der Waals surface area contributed by atoms with Gasteiger partial charge in [-0.2, -0.15) is 0 Å². The lowest BCUT2D eigenvalue weighted by atomic mass is 9.85. The van der Waals surface area contributed by atoms with E-state index in [0.29, 0.717) is 50.8 Å². The number of carbonyl (C=O) groups excluding carboxylic acids is 1. The van der Waals surface area contributed by atoms with E-state index in [1.807, 2.05) is 0 Å². The molecule has 0 bridgehead atoms. The van der Waals surface area contributed by atoms with Crippen molar-refractivity contribution in [2.75, 3.05) is 40.0 Å². The van der Waals surface area contributed by atoms with Crippen LogP contribution in [0, 0.1) is 23.5 Å². The number of carbonyl (C=O) groups is 1. The second-order valence-corrected chi connectivity index (χ2v) is 9.77. The summed E-state index contributed by atoms with van der Waals surface area (Å²) in [5.74, 6) is -0.691. The molecule has 0 unspecified atom stereocenters. The number of rotatable bonds is 11. The topological polar surface area (TPSA) is 76.8 Å². The molecule has 2 aliphatic rings. The maximum Gasteiger partial charge on any atom is 0.317 e. The summed E-state index contributed by atoms with van der Waals surface area (Å²) in [6.07, 6.45) is 8.89. The van der Waals surface area contributed by atoms with E-state index in [4.69, 9.17) is 15.2 Å². The summed E-state index contributed by atoms with van der Waals surface area (Å²) in [5.41, 5.74) is 6.33. The predicted molar refractivity (Wildman–Crippen MR) is 128 cm³/mol. The standard InChI is InChI=1S/C26H41F2N3O3/c1-33-13-6-14-34-25(23-11-10-21(27)16-24(23)28)20-9-5-12-31(18-20)26(32)30-22(17-29)15-19-7-3-2-4-8-19/h10-11,16,19-20,22,25H,2-9,12-15,17-18,29H2,1H3,(H,30,32)/t20-,22+,25-/m1/s1. The van der Waals surface area contributed by atoms with E-state index in [0.717, 1.165) is 25.3 Å². The van der Waals surface area contributed by atoms with Gasteiger partial charge in [0.2, 0.25) is 0 Å². The van der Waals surface area contributed by atoms with E-state index < -0.39 is 17.7 Å². The van der Waals surface area contributed by atoms with Crippen molar-refractivity contribution >= 4 is 6.03 Å². The molecule has 2 amide bonds. The Labute approximate surface area is 202 Å². The van der Waals surface area contributed by atoms with E-state index >= 15 is 0 Å². The number of nitrogens with two attached hydrogens (primary N) is 1. The molecule has 192 valence electrons. The van der Waals surface area contributed by atoms with Gasteiger partial charge in [0.25, 0.3) is 0 Å². The second kappa shape index (κ2) is 14.0. The Balaban J connectivity index is 1.64. The van der Waals surface area contributed by atoms with Crippen LogP contribution in [0.5, 0.6) is 0 Å². The van der Waals surface area contributed by atoms with Crippen LogP contribution in [0.3, 0.4) is 0 Å². The Hall–Kier alpha value is -1.77. The fourth-order valence-corrected chi connectivity index (χ4v) is 5.37. The van der Waals surface area contributed by atoms with Crippen LogP contribution in [-0.4, -0.2) is 56.9 Å². The van der Waals surface area contributed by atoms with Crippen molar-refractivity contribution in [3.8, 4) is 0 Å². The smallest absolute Gasteiger partial charge is 0.317 e. The van der Waals surface area contributed by atoms with E-state index in [9.17, 15) is 13.6 Å². The Morgan fingerprint density at radius 2 is 1.97 bits per heavy atom. The van der Waals surface area contributed by atoms with Crippen LogP contribution in [-0.2, 0) is 9.47 Å². The molecule has 1 aliphatic carbocycles. The van der Waals surface area contributed by atoms with Gasteiger partial charge in [-0.15, -0.1) is 0 Å². The van der Waals surface area contributed by atoms with Crippen LogP contribution in [0.2, 0.25) is 0 Å². The van der Waals surface area contributed by atoms with Gasteiger partial charge in [-0.05, 0) is 37.7 Å². The number of likely N-dealkylation sites (tertiary alicyclic amines) is 1. The van der Waals surface area contributed by atoms with Crippen molar-refractivity contribution in [1.82, 2.24) is 10.2 Å². The minimum absolute atomic E-state index is 0.0355. The molecule has 34 heavy (non-hydrogen) atoms. The lowest BCUT2D eigenvalue weighted by Gasteiger charge is -2.38. The van der Waals surface area contributed by atoms with Gasteiger partial charge < -0.3 is 25.4 Å². The first-order valence-corrected chi connectivity index (χ1v) is 12.8. The Morgan fingerprint density at radius 1 is 1.18 bits per heavy atom. The van der Waals surface area contributed by atoms with Gasteiger partial charge in [-0.25, -0.2) is 13.6 Å². The molecule has 1 aromatic carbocycles. The fraction of sp³-hybridized carbons (Fsp3) is 0.731. The van der Waals surface area contributed by atoms with Gasteiger partial charge in [0, 0.05) is 63.5 Å². The molecule has 0 radical (unpaired) electrons. The van der Waals surface area contributed by atoms with Crippen molar-refractivity contribution < 1.29 is 23.0 Å². The summed E-state index contributed by atoms with van der Waals surface area (Å²) in [6, 6.07) is 3.46. The average Bonchev–Trinajstić information content (AvgIpc) is 2.85. The highest BCUT2D eigenvalue weighted by Gasteiger charge is 2.33. The molecule has 3 rings (SSSR count). The monoisotopic (exact) mass is 481 g/mol. The molecular formula is C26H41F2N3O3. The largest absolute Gasteiger partial charge is 0.385 e. The van der Waals surface area contributed by atoms with Crippen molar-refractivity contribution in [2.45, 2.75) is 69.9 Å². The molecule has 1 aromatic rings. The summed E-state index contributed by atoms with van der Waals surface area (Å²) in [5, 5.41) is 3.14. The quantitative estimate of drug-likeness (QED) is 0.446. The maximum atomic E-state index is 14.7. The SMILES string of the molecule is COCCCO[C@@H](c1ccc(F)cc1F)[C@@H]1CCCN(C(=O)N[C@H](CN)CC2CCCCC2)C1. The molecule has 0 aromatic heterocycles. The second-order valence-electron chi connectivity index (χ2n) is 9.77. The molecule has 1 heterocycles. The number of ether oxygens (including phenoxy) is 2. The minimum atomic E-state index is -0.617. The lowest BCUT2D eigenvalue weighted by molar-refractivity contribution is -0.0186. The van der Waals surface area contributed by atoms with Crippen LogP contribution in [0.25, 0.3) is 0 Å². The van der Waals surface area contributed by atoms with E-state index in [1.165, 1.54) is 44.2 Å². The molecule has 1 aliphatic heterocycles. The number of piperidine rings is 1. The summed E-state index contributed by atoms with van der Waals surface area (Å²) in [6.45, 7) is 2.46. The lowest BCUT2D eigenvalue weighted by Crippen LogP contribution is -2.51. The van der Waals surface area contributed by atoms with Gasteiger partial charge in [0.1, 0.15) is 11.6 Å². The van der Waals surface area contributed by atoms with Crippen molar-refractivity contribution in [2.24, 2.45) is 17.6 Å². The molecule has 1 saturated heterocycles. The van der Waals surface area contributed by atoms with Crippen LogP contribution in [0.4, 0.5) is 13.6 Å². The number of nitrogens with zero attached hydrogens (tertiary/aromatic N) is 1. The Bertz CT molecular complexity index is 761. The maximum absolute atomic E-state index is 14.7. The molecule has 1 saturated carbocycles. The third kappa shape index (κ3) is 7.89. The first kappa shape index (κ1) is 26.8. The van der Waals surface area contributed by atoms with Crippen LogP contribution < -0.4 is 11.1 Å². The van der Waals surface area contributed by atoms with Crippen molar-refractivity contribution in [3.63, 3.8) is 0 Å². The molecule has 6 nitrogen and oxygen atoms in total. The van der Waals surface area contributed by atoms with Gasteiger partial charge in [0.05, 0.1) is 6.10 Å². The van der Waals surface area contributed by atoms with E-state index in [2.05, 4.69) is 5.32 Å². The normalized spacial score (nSPS) is 21.3. The van der Waals surface area contributed by atoms with E-state index in [1.54, 1.807) is 12.0 Å². The summed E-state index contributed by atoms with van der Waals surface area (Å²) >= 11 is 0. The summed E-state index contributed by atoms with van der Waals surface area (Å²) in [4.78, 5) is 14.9. The first-order valence-electron chi connectivity index (χ1n) is 12.8. The molecule has 3 atom stereocenters. The number of hydrogen-bond donors (Lipinski definition) is 2. The highest BCUT2D eigenvalue weighted by atomic mass is 19.1. The number of amides is 2. The number of methoxy groups -OCH3 is 1. The molecule has 2 fully saturated rings. The Kier molecular flexibility index (Phi) is 11.0. The Morgan fingerprint density at radius 3 is 2.68 bits per heavy atom. The van der Waals surface area contributed by atoms with Crippen LogP contribution in [0.1, 0.15) is 69.5 Å². The van der Waals surface area contributed by atoms with Gasteiger partial charge in [-0.1, -0.05) is 38.2 Å².